The molecule has 0 rings (SSSR count). The van der Waals surface area contributed by atoms with Crippen molar-refractivity contribution in [2.24, 2.45) is 0 Å². The summed E-state index contributed by atoms with van der Waals surface area (Å²) in [6.07, 6.45) is 0. The van der Waals surface area contributed by atoms with Crippen molar-refractivity contribution in [2.75, 3.05) is 0 Å². The van der Waals surface area contributed by atoms with Crippen LogP contribution in [0.2, 0.25) is 0 Å². The largest absolute Gasteiger partial charge is 4.00 e. The maximum absolute atomic E-state index is 8.95. The van der Waals surface area contributed by atoms with E-state index in [4.69, 9.17) is 14.4 Å². The van der Waals surface area contributed by atoms with Crippen LogP contribution in [0.5, 0.6) is 0 Å². The fraction of sp³-hybridized carbons (Fsp3) is 0. The Bertz CT molecular complexity index is 26.3. The maximum Gasteiger partial charge on any atom is 4.00 e. The Balaban J connectivity index is 0. The van der Waals surface area contributed by atoms with Gasteiger partial charge in [0.25, 0.3) is 0 Å². The summed E-state index contributed by atoms with van der Waals surface area (Å²) in [5.41, 5.74) is 0. The predicted molar refractivity (Wildman–Crippen MR) is 13.1 cm³/mol. The summed E-state index contributed by atoms with van der Waals surface area (Å²) in [6, 6.07) is 0. The van der Waals surface area contributed by atoms with Crippen LogP contribution in [0.4, 0.5) is 0 Å². The van der Waals surface area contributed by atoms with E-state index in [0.717, 1.165) is 0 Å². The Kier molecular flexibility index (Phi) is 6.77. The molecule has 0 heterocycles. The summed E-state index contributed by atoms with van der Waals surface area (Å²) in [7, 11) is -4.78. The van der Waals surface area contributed by atoms with Crippen LogP contribution < -0.4 is 14.4 Å². The van der Waals surface area contributed by atoms with Gasteiger partial charge in [0.1, 0.15) is 0 Å². The van der Waals surface area contributed by atoms with Crippen molar-refractivity contribution < 1.29 is 56.1 Å². The first-order valence-electron chi connectivity index (χ1n) is 0.816. The molecule has 0 fully saturated rings. The van der Waals surface area contributed by atoms with Crippen molar-refractivity contribution in [3.63, 3.8) is 0 Å². The van der Waals surface area contributed by atoms with Gasteiger partial charge in [-0.05, 0) is 0 Å². The fourth-order valence-corrected chi connectivity index (χ4v) is 0. The molecule has 3 nitrogen and oxygen atoms in total. The molecular weight excluding hydrogens is 248 g/mol. The zero-order valence-corrected chi connectivity index (χ0v) is 7.59. The quantitative estimate of drug-likeness (QED) is 0.324. The van der Waals surface area contributed by atoms with Crippen molar-refractivity contribution >= 4 is 20.0 Å². The summed E-state index contributed by atoms with van der Waals surface area (Å²) in [6.45, 7) is 0. The molecule has 0 atom stereocenters. The standard InChI is InChI=1S/Ce.O3SSi/c;1-5(2,3)4/q+4;-4. The van der Waals surface area contributed by atoms with E-state index in [0.29, 0.717) is 0 Å². The van der Waals surface area contributed by atoms with E-state index in [-0.39, 0.29) is 41.7 Å². The SMILES string of the molecule is [Ce+4].[O-][Si]([O-])([O-])[S-]. The third-order valence-electron chi connectivity index (χ3n) is 0. The van der Waals surface area contributed by atoms with Gasteiger partial charge in [-0.15, -0.1) is 0 Å². The Morgan fingerprint density at radius 3 is 1.17 bits per heavy atom. The Hall–Kier alpha value is 1.82. The summed E-state index contributed by atoms with van der Waals surface area (Å²) in [5, 5.41) is 0. The second kappa shape index (κ2) is 3.78. The van der Waals surface area contributed by atoms with Crippen LogP contribution in [-0.2, 0) is 12.1 Å². The molecule has 0 aliphatic heterocycles. The molecule has 0 aromatic heterocycles. The molecule has 0 aliphatic rings. The van der Waals surface area contributed by atoms with Crippen molar-refractivity contribution in [3.8, 4) is 0 Å². The maximum atomic E-state index is 8.95. The van der Waals surface area contributed by atoms with Gasteiger partial charge in [-0.2, -0.15) is 0 Å². The molecule has 0 saturated heterocycles. The van der Waals surface area contributed by atoms with Gasteiger partial charge in [0.05, 0.1) is 0 Å². The zero-order valence-electron chi connectivity index (χ0n) is 2.63. The summed E-state index contributed by atoms with van der Waals surface area (Å²) < 4.78 is 0. The molecule has 0 amide bonds. The second-order valence-electron chi connectivity index (χ2n) is 0.500. The van der Waals surface area contributed by atoms with Crippen molar-refractivity contribution in [3.05, 3.63) is 0 Å². The van der Waals surface area contributed by atoms with E-state index in [9.17, 15) is 0 Å². The Morgan fingerprint density at radius 1 is 1.17 bits per heavy atom. The smallest absolute Gasteiger partial charge is 0.897 e. The molecule has 0 aromatic rings. The molecule has 0 aromatic carbocycles. The van der Waals surface area contributed by atoms with Gasteiger partial charge in [0.15, 0.2) is 0 Å². The van der Waals surface area contributed by atoms with Crippen LogP contribution in [0.1, 0.15) is 0 Å². The average molecular weight is 248 g/mol. The molecule has 6 heavy (non-hydrogen) atoms. The van der Waals surface area contributed by atoms with E-state index in [1.54, 1.807) is 0 Å². The molecule has 32 valence electrons. The van der Waals surface area contributed by atoms with Crippen LogP contribution >= 0.6 is 0 Å². The molecule has 0 radical (unpaired) electrons. The van der Waals surface area contributed by atoms with E-state index >= 15 is 0 Å². The van der Waals surface area contributed by atoms with Gasteiger partial charge < -0.3 is 34.4 Å². The van der Waals surface area contributed by atoms with Crippen LogP contribution in [0.3, 0.4) is 0 Å². The minimum Gasteiger partial charge on any atom is -0.897 e. The molecule has 0 aliphatic carbocycles. The third kappa shape index (κ3) is 40.7. The normalized spacial score (nSPS) is 10.0. The van der Waals surface area contributed by atoms with Gasteiger partial charge in [-0.1, -0.05) is 0 Å². The van der Waals surface area contributed by atoms with Crippen LogP contribution in [0.15, 0.2) is 0 Å². The first kappa shape index (κ1) is 10.7. The summed E-state index contributed by atoms with van der Waals surface area (Å²) >= 11 is 3.30. The summed E-state index contributed by atoms with van der Waals surface area (Å²) in [4.78, 5) is 26.8. The number of hydrogen-bond donors (Lipinski definition) is 0. The first-order chi connectivity index (χ1) is 2.00. The van der Waals surface area contributed by atoms with E-state index in [2.05, 4.69) is 12.1 Å². The van der Waals surface area contributed by atoms with Gasteiger partial charge in [-0.25, -0.2) is 0 Å². The van der Waals surface area contributed by atoms with Crippen LogP contribution in [0.25, 0.3) is 0 Å². The predicted octanol–water partition coefficient (Wildman–Crippen LogP) is -3.95. The van der Waals surface area contributed by atoms with Crippen molar-refractivity contribution in [2.45, 2.75) is 0 Å². The van der Waals surface area contributed by atoms with Crippen LogP contribution in [0, 0.1) is 41.7 Å². The Labute approximate surface area is 75.2 Å². The molecule has 6 heteroatoms. The average Bonchev–Trinajstić information content (AvgIpc) is 0.722. The topological polar surface area (TPSA) is 69.2 Å². The first-order valence-corrected chi connectivity index (χ1v) is 3.67. The molecule has 0 spiro atoms. The van der Waals surface area contributed by atoms with Gasteiger partial charge in [0.2, 0.25) is 0 Å². The molecule has 0 bridgehead atoms. The van der Waals surface area contributed by atoms with Gasteiger partial charge in [-0.3, -0.25) is 0 Å². The van der Waals surface area contributed by atoms with Crippen LogP contribution in [-0.4, -0.2) is 7.95 Å². The third-order valence-corrected chi connectivity index (χ3v) is 0. The van der Waals surface area contributed by atoms with Gasteiger partial charge >= 0.3 is 41.7 Å². The van der Waals surface area contributed by atoms with E-state index < -0.39 is 7.95 Å². The minimum absolute atomic E-state index is 0. The minimum atomic E-state index is -4.78. The molecule has 0 N–H and O–H groups in total. The number of hydrogen-bond acceptors (Lipinski definition) is 4. The van der Waals surface area contributed by atoms with Gasteiger partial charge in [0, 0.05) is 0 Å². The van der Waals surface area contributed by atoms with E-state index in [1.165, 1.54) is 0 Å². The zero-order chi connectivity index (χ0) is 4.50. The van der Waals surface area contributed by atoms with Crippen molar-refractivity contribution in [1.29, 1.82) is 0 Å². The molecule has 0 unspecified atom stereocenters. The molecular formula is CeO3SSi. The molecule has 0 saturated carbocycles. The monoisotopic (exact) mass is 248 g/mol. The Morgan fingerprint density at radius 2 is 1.17 bits per heavy atom. The van der Waals surface area contributed by atoms with E-state index in [1.807, 2.05) is 0 Å². The fourth-order valence-electron chi connectivity index (χ4n) is 0. The second-order valence-corrected chi connectivity index (χ2v) is 3.00. The summed E-state index contributed by atoms with van der Waals surface area (Å²) in [5.74, 6) is 0. The van der Waals surface area contributed by atoms with Crippen molar-refractivity contribution in [1.82, 2.24) is 0 Å². The number of rotatable bonds is 0.